The van der Waals surface area contributed by atoms with Crippen molar-refractivity contribution >= 4 is 11.6 Å². The zero-order valence-electron chi connectivity index (χ0n) is 8.51. The molecule has 0 fully saturated rings. The zero-order valence-corrected chi connectivity index (χ0v) is 9.27. The molecule has 1 aromatic rings. The lowest BCUT2D eigenvalue weighted by Gasteiger charge is -2.28. The predicted octanol–water partition coefficient (Wildman–Crippen LogP) is 3.34. The topological polar surface area (TPSA) is 20.2 Å². The Morgan fingerprint density at radius 3 is 2.43 bits per heavy atom. The first-order valence-corrected chi connectivity index (χ1v) is 4.91. The monoisotopic (exact) mass is 216 g/mol. The van der Waals surface area contributed by atoms with E-state index >= 15 is 0 Å². The smallest absolute Gasteiger partial charge is 0.142 e. The number of rotatable bonds is 2. The van der Waals surface area contributed by atoms with Gasteiger partial charge in [-0.25, -0.2) is 4.39 Å². The molecule has 0 aliphatic rings. The molecule has 78 valence electrons. The van der Waals surface area contributed by atoms with Crippen LogP contribution in [0.5, 0.6) is 0 Å². The maximum absolute atomic E-state index is 13.1. The third-order valence-electron chi connectivity index (χ3n) is 2.63. The molecule has 0 saturated carbocycles. The Morgan fingerprint density at radius 1 is 1.43 bits per heavy atom. The van der Waals surface area contributed by atoms with Gasteiger partial charge in [-0.2, -0.15) is 0 Å². The molecule has 0 saturated heterocycles. The van der Waals surface area contributed by atoms with Gasteiger partial charge in [-0.05, 0) is 30.5 Å². The summed E-state index contributed by atoms with van der Waals surface area (Å²) in [6.45, 7) is 5.43. The number of hydrogen-bond acceptors (Lipinski definition) is 1. The molecule has 0 heterocycles. The summed E-state index contributed by atoms with van der Waals surface area (Å²) in [4.78, 5) is 0. The summed E-state index contributed by atoms with van der Waals surface area (Å²) in [6, 6.07) is 4.39. The van der Waals surface area contributed by atoms with Crippen molar-refractivity contribution in [2.75, 3.05) is 0 Å². The van der Waals surface area contributed by atoms with Crippen LogP contribution in [0.4, 0.5) is 4.39 Å². The van der Waals surface area contributed by atoms with E-state index in [1.54, 1.807) is 13.0 Å². The summed E-state index contributed by atoms with van der Waals surface area (Å²) >= 11 is 5.55. The Balaban J connectivity index is 3.14. The van der Waals surface area contributed by atoms with Crippen LogP contribution in [-0.2, 0) is 5.60 Å². The summed E-state index contributed by atoms with van der Waals surface area (Å²) in [7, 11) is 0. The lowest BCUT2D eigenvalue weighted by molar-refractivity contribution is 0.00878. The second-order valence-corrected chi connectivity index (χ2v) is 4.34. The van der Waals surface area contributed by atoms with Gasteiger partial charge in [0.05, 0.1) is 10.6 Å². The van der Waals surface area contributed by atoms with Gasteiger partial charge >= 0.3 is 0 Å². The minimum atomic E-state index is -1.02. The molecule has 0 radical (unpaired) electrons. The van der Waals surface area contributed by atoms with Crippen molar-refractivity contribution in [3.63, 3.8) is 0 Å². The minimum Gasteiger partial charge on any atom is -0.385 e. The van der Waals surface area contributed by atoms with E-state index in [1.165, 1.54) is 12.1 Å². The largest absolute Gasteiger partial charge is 0.385 e. The Morgan fingerprint density at radius 2 is 2.00 bits per heavy atom. The average molecular weight is 217 g/mol. The second-order valence-electron chi connectivity index (χ2n) is 3.93. The highest BCUT2D eigenvalue weighted by molar-refractivity contribution is 6.30. The van der Waals surface area contributed by atoms with Crippen LogP contribution in [0, 0.1) is 11.7 Å². The van der Waals surface area contributed by atoms with Crippen LogP contribution >= 0.6 is 11.6 Å². The highest BCUT2D eigenvalue weighted by Crippen LogP contribution is 2.30. The molecule has 0 aromatic heterocycles. The van der Waals surface area contributed by atoms with Gasteiger partial charge in [-0.15, -0.1) is 0 Å². The van der Waals surface area contributed by atoms with Crippen molar-refractivity contribution in [3.05, 3.63) is 34.6 Å². The lowest BCUT2D eigenvalue weighted by Crippen LogP contribution is -2.27. The van der Waals surface area contributed by atoms with E-state index in [2.05, 4.69) is 0 Å². The Hall–Kier alpha value is -0.600. The standard InChI is InChI=1S/C11H14ClFO/c1-7(2)11(3,14)8-4-5-9(12)10(13)6-8/h4-7,14H,1-3H3. The number of hydrogen-bond donors (Lipinski definition) is 1. The first kappa shape index (κ1) is 11.5. The zero-order chi connectivity index (χ0) is 10.9. The molecule has 1 aromatic carbocycles. The first-order chi connectivity index (χ1) is 6.35. The normalized spacial score (nSPS) is 15.6. The molecular formula is C11H14ClFO. The second kappa shape index (κ2) is 3.87. The quantitative estimate of drug-likeness (QED) is 0.804. The molecule has 0 amide bonds. The number of aliphatic hydroxyl groups is 1. The van der Waals surface area contributed by atoms with Crippen LogP contribution in [0.2, 0.25) is 5.02 Å². The van der Waals surface area contributed by atoms with Crippen molar-refractivity contribution in [1.29, 1.82) is 0 Å². The molecule has 1 N–H and O–H groups in total. The Kier molecular flexibility index (Phi) is 3.17. The van der Waals surface area contributed by atoms with Crippen LogP contribution in [0.15, 0.2) is 18.2 Å². The van der Waals surface area contributed by atoms with Crippen molar-refractivity contribution in [1.82, 2.24) is 0 Å². The molecule has 1 rings (SSSR count). The highest BCUT2D eigenvalue weighted by atomic mass is 35.5. The molecule has 1 atom stereocenters. The van der Waals surface area contributed by atoms with Crippen molar-refractivity contribution in [2.24, 2.45) is 5.92 Å². The van der Waals surface area contributed by atoms with Gasteiger partial charge in [0, 0.05) is 0 Å². The van der Waals surface area contributed by atoms with Crippen LogP contribution in [-0.4, -0.2) is 5.11 Å². The Labute approximate surface area is 88.5 Å². The van der Waals surface area contributed by atoms with E-state index in [0.717, 1.165) is 0 Å². The molecule has 1 unspecified atom stereocenters. The summed E-state index contributed by atoms with van der Waals surface area (Å²) in [5, 5.41) is 10.1. The molecule has 0 aliphatic carbocycles. The summed E-state index contributed by atoms with van der Waals surface area (Å²) in [6.07, 6.45) is 0. The average Bonchev–Trinajstić information content (AvgIpc) is 2.09. The van der Waals surface area contributed by atoms with Gasteiger partial charge in [0.1, 0.15) is 5.82 Å². The van der Waals surface area contributed by atoms with E-state index in [4.69, 9.17) is 11.6 Å². The van der Waals surface area contributed by atoms with Crippen LogP contribution < -0.4 is 0 Å². The van der Waals surface area contributed by atoms with Gasteiger partial charge in [-0.1, -0.05) is 31.5 Å². The third-order valence-corrected chi connectivity index (χ3v) is 2.93. The maximum Gasteiger partial charge on any atom is 0.142 e. The maximum atomic E-state index is 13.1. The van der Waals surface area contributed by atoms with Crippen molar-refractivity contribution < 1.29 is 9.50 Å². The molecule has 0 bridgehead atoms. The summed E-state index contributed by atoms with van der Waals surface area (Å²) in [5.74, 6) is -0.479. The van der Waals surface area contributed by atoms with Gasteiger partial charge in [0.15, 0.2) is 0 Å². The number of halogens is 2. The van der Waals surface area contributed by atoms with Crippen molar-refractivity contribution in [2.45, 2.75) is 26.4 Å². The van der Waals surface area contributed by atoms with Crippen LogP contribution in [0.3, 0.4) is 0 Å². The molecular weight excluding hydrogens is 203 g/mol. The molecule has 0 aliphatic heterocycles. The third kappa shape index (κ3) is 2.07. The summed E-state index contributed by atoms with van der Waals surface area (Å²) in [5.41, 5.74) is -0.472. The van der Waals surface area contributed by atoms with Crippen molar-refractivity contribution in [3.8, 4) is 0 Å². The fourth-order valence-corrected chi connectivity index (χ4v) is 1.26. The van der Waals surface area contributed by atoms with E-state index in [1.807, 2.05) is 13.8 Å². The van der Waals surface area contributed by atoms with Crippen LogP contribution in [0.1, 0.15) is 26.3 Å². The van der Waals surface area contributed by atoms with E-state index in [0.29, 0.717) is 5.56 Å². The fraction of sp³-hybridized carbons (Fsp3) is 0.455. The molecule has 3 heteroatoms. The van der Waals surface area contributed by atoms with Gasteiger partial charge in [-0.3, -0.25) is 0 Å². The fourth-order valence-electron chi connectivity index (χ4n) is 1.14. The molecule has 0 spiro atoms. The van der Waals surface area contributed by atoms with Crippen LogP contribution in [0.25, 0.3) is 0 Å². The molecule has 1 nitrogen and oxygen atoms in total. The highest BCUT2D eigenvalue weighted by Gasteiger charge is 2.27. The SMILES string of the molecule is CC(C)C(C)(O)c1ccc(Cl)c(F)c1. The van der Waals surface area contributed by atoms with Gasteiger partial charge < -0.3 is 5.11 Å². The predicted molar refractivity (Wildman–Crippen MR) is 55.8 cm³/mol. The molecule has 14 heavy (non-hydrogen) atoms. The van der Waals surface area contributed by atoms with E-state index in [9.17, 15) is 9.50 Å². The Bertz CT molecular complexity index is 334. The van der Waals surface area contributed by atoms with E-state index < -0.39 is 11.4 Å². The number of benzene rings is 1. The van der Waals surface area contributed by atoms with E-state index in [-0.39, 0.29) is 10.9 Å². The first-order valence-electron chi connectivity index (χ1n) is 4.53. The van der Waals surface area contributed by atoms with Gasteiger partial charge in [0.25, 0.3) is 0 Å². The van der Waals surface area contributed by atoms with Gasteiger partial charge in [0.2, 0.25) is 0 Å². The minimum absolute atomic E-state index is 0.0167. The lowest BCUT2D eigenvalue weighted by atomic mass is 9.85. The summed E-state index contributed by atoms with van der Waals surface area (Å²) < 4.78 is 13.1.